The molecule has 0 N–H and O–H groups in total. The fourth-order valence-corrected chi connectivity index (χ4v) is 1.83. The van der Waals surface area contributed by atoms with Gasteiger partial charge in [0, 0.05) is 22.3 Å². The highest BCUT2D eigenvalue weighted by Crippen LogP contribution is 2.26. The van der Waals surface area contributed by atoms with E-state index >= 15 is 0 Å². The number of hydrogen-bond donors (Lipinski definition) is 0. The second-order valence-corrected chi connectivity index (χ2v) is 3.45. The van der Waals surface area contributed by atoms with Gasteiger partial charge in [0.15, 0.2) is 5.22 Å². The summed E-state index contributed by atoms with van der Waals surface area (Å²) in [5, 5.41) is 2.28. The van der Waals surface area contributed by atoms with Gasteiger partial charge in [-0.05, 0) is 11.6 Å². The van der Waals surface area contributed by atoms with Crippen LogP contribution in [-0.4, -0.2) is 0 Å². The third kappa shape index (κ3) is 1.25. The highest BCUT2D eigenvalue weighted by molar-refractivity contribution is 9.08. The van der Waals surface area contributed by atoms with Gasteiger partial charge in [-0.3, -0.25) is 0 Å². The van der Waals surface area contributed by atoms with Crippen molar-refractivity contribution < 1.29 is 4.42 Å². The summed E-state index contributed by atoms with van der Waals surface area (Å²) in [5.74, 6) is 0. The van der Waals surface area contributed by atoms with Crippen molar-refractivity contribution in [3.05, 3.63) is 35.0 Å². The summed E-state index contributed by atoms with van der Waals surface area (Å²) in [4.78, 5) is 0. The SMILES string of the molecule is Clc1cc2cccc(CBr)c2o1. The van der Waals surface area contributed by atoms with Crippen LogP contribution in [0.15, 0.2) is 28.7 Å². The van der Waals surface area contributed by atoms with Gasteiger partial charge in [-0.1, -0.05) is 34.1 Å². The van der Waals surface area contributed by atoms with Crippen LogP contribution >= 0.6 is 27.5 Å². The first-order valence-electron chi connectivity index (χ1n) is 3.54. The molecule has 0 aliphatic heterocycles. The minimum atomic E-state index is 0.443. The van der Waals surface area contributed by atoms with E-state index in [-0.39, 0.29) is 0 Å². The van der Waals surface area contributed by atoms with Crippen molar-refractivity contribution in [3.8, 4) is 0 Å². The summed E-state index contributed by atoms with van der Waals surface area (Å²) in [6.07, 6.45) is 0. The molecule has 0 unspecified atom stereocenters. The Kier molecular flexibility index (Phi) is 2.11. The average molecular weight is 246 g/mol. The molecule has 1 aromatic heterocycles. The van der Waals surface area contributed by atoms with Crippen LogP contribution in [0.4, 0.5) is 0 Å². The van der Waals surface area contributed by atoms with E-state index in [2.05, 4.69) is 15.9 Å². The molecular weight excluding hydrogens is 239 g/mol. The van der Waals surface area contributed by atoms with Gasteiger partial charge in [-0.2, -0.15) is 0 Å². The third-order valence-electron chi connectivity index (χ3n) is 1.74. The molecule has 0 aliphatic carbocycles. The van der Waals surface area contributed by atoms with E-state index in [4.69, 9.17) is 16.0 Å². The number of rotatable bonds is 1. The van der Waals surface area contributed by atoms with Crippen LogP contribution in [0.2, 0.25) is 5.22 Å². The first-order chi connectivity index (χ1) is 5.81. The number of alkyl halides is 1. The topological polar surface area (TPSA) is 13.1 Å². The molecule has 0 atom stereocenters. The molecule has 0 amide bonds. The van der Waals surface area contributed by atoms with Crippen LogP contribution in [0, 0.1) is 0 Å². The summed E-state index contributed by atoms with van der Waals surface area (Å²) in [6.45, 7) is 0. The molecule has 0 spiro atoms. The molecule has 2 aromatic rings. The summed E-state index contributed by atoms with van der Waals surface area (Å²) in [7, 11) is 0. The predicted octanol–water partition coefficient (Wildman–Crippen LogP) is 3.98. The number of hydrogen-bond acceptors (Lipinski definition) is 1. The zero-order chi connectivity index (χ0) is 8.55. The first-order valence-corrected chi connectivity index (χ1v) is 5.04. The minimum absolute atomic E-state index is 0.443. The highest BCUT2D eigenvalue weighted by atomic mass is 79.9. The Morgan fingerprint density at radius 1 is 1.42 bits per heavy atom. The Morgan fingerprint density at radius 2 is 2.25 bits per heavy atom. The van der Waals surface area contributed by atoms with Gasteiger partial charge in [0.1, 0.15) is 5.58 Å². The van der Waals surface area contributed by atoms with Crippen molar-refractivity contribution in [1.29, 1.82) is 0 Å². The molecule has 0 saturated heterocycles. The van der Waals surface area contributed by atoms with E-state index < -0.39 is 0 Å². The van der Waals surface area contributed by atoms with E-state index in [9.17, 15) is 0 Å². The minimum Gasteiger partial charge on any atom is -0.444 e. The molecule has 3 heteroatoms. The van der Waals surface area contributed by atoms with Crippen LogP contribution in [0.5, 0.6) is 0 Å². The molecule has 1 nitrogen and oxygen atoms in total. The zero-order valence-electron chi connectivity index (χ0n) is 6.18. The van der Waals surface area contributed by atoms with Gasteiger partial charge in [0.2, 0.25) is 0 Å². The van der Waals surface area contributed by atoms with Crippen LogP contribution in [-0.2, 0) is 5.33 Å². The number of furan rings is 1. The number of para-hydroxylation sites is 1. The quantitative estimate of drug-likeness (QED) is 0.693. The summed E-state index contributed by atoms with van der Waals surface area (Å²) >= 11 is 9.11. The second kappa shape index (κ2) is 3.11. The van der Waals surface area contributed by atoms with E-state index in [1.54, 1.807) is 0 Å². The summed E-state index contributed by atoms with van der Waals surface area (Å²) in [5.41, 5.74) is 2.00. The van der Waals surface area contributed by atoms with Crippen LogP contribution < -0.4 is 0 Å². The van der Waals surface area contributed by atoms with Crippen molar-refractivity contribution in [2.24, 2.45) is 0 Å². The average Bonchev–Trinajstić information content (AvgIpc) is 2.44. The van der Waals surface area contributed by atoms with Crippen molar-refractivity contribution >= 4 is 38.5 Å². The zero-order valence-corrected chi connectivity index (χ0v) is 8.52. The molecule has 12 heavy (non-hydrogen) atoms. The predicted molar refractivity (Wildman–Crippen MR) is 53.9 cm³/mol. The molecule has 62 valence electrons. The Morgan fingerprint density at radius 3 is 3.00 bits per heavy atom. The molecule has 0 saturated carbocycles. The van der Waals surface area contributed by atoms with Gasteiger partial charge in [-0.15, -0.1) is 0 Å². The highest BCUT2D eigenvalue weighted by Gasteiger charge is 2.04. The van der Waals surface area contributed by atoms with Crippen LogP contribution in [0.25, 0.3) is 11.0 Å². The molecular formula is C9H6BrClO. The van der Waals surface area contributed by atoms with Crippen molar-refractivity contribution in [2.75, 3.05) is 0 Å². The van der Waals surface area contributed by atoms with Crippen molar-refractivity contribution in [2.45, 2.75) is 5.33 Å². The fraction of sp³-hybridized carbons (Fsp3) is 0.111. The molecule has 0 aliphatic rings. The van der Waals surface area contributed by atoms with E-state index in [0.717, 1.165) is 21.9 Å². The lowest BCUT2D eigenvalue weighted by atomic mass is 10.2. The molecule has 0 bridgehead atoms. The lowest BCUT2D eigenvalue weighted by molar-refractivity contribution is 0.615. The maximum absolute atomic E-state index is 5.73. The number of fused-ring (bicyclic) bond motifs is 1. The Hall–Kier alpha value is -0.470. The second-order valence-electron chi connectivity index (χ2n) is 2.52. The first kappa shape index (κ1) is 8.14. The molecule has 1 aromatic carbocycles. The number of benzene rings is 1. The van der Waals surface area contributed by atoms with Crippen LogP contribution in [0.3, 0.4) is 0 Å². The maximum atomic E-state index is 5.73. The van der Waals surface area contributed by atoms with E-state index in [1.807, 2.05) is 24.3 Å². The van der Waals surface area contributed by atoms with Crippen LogP contribution in [0.1, 0.15) is 5.56 Å². The van der Waals surface area contributed by atoms with Gasteiger partial charge in [0.05, 0.1) is 0 Å². The van der Waals surface area contributed by atoms with E-state index in [1.165, 1.54) is 0 Å². The smallest absolute Gasteiger partial charge is 0.194 e. The Balaban J connectivity index is 2.78. The van der Waals surface area contributed by atoms with Crippen molar-refractivity contribution in [3.63, 3.8) is 0 Å². The standard InChI is InChI=1S/C9H6BrClO/c10-5-7-3-1-2-6-4-8(11)12-9(6)7/h1-4H,5H2. The largest absolute Gasteiger partial charge is 0.444 e. The van der Waals surface area contributed by atoms with Gasteiger partial charge < -0.3 is 4.42 Å². The summed E-state index contributed by atoms with van der Waals surface area (Å²) in [6, 6.07) is 7.81. The maximum Gasteiger partial charge on any atom is 0.194 e. The lowest BCUT2D eigenvalue weighted by Crippen LogP contribution is -1.75. The Labute approximate surface area is 83.4 Å². The molecule has 0 fully saturated rings. The lowest BCUT2D eigenvalue weighted by Gasteiger charge is -1.94. The van der Waals surface area contributed by atoms with E-state index in [0.29, 0.717) is 5.22 Å². The molecule has 1 heterocycles. The molecule has 2 rings (SSSR count). The van der Waals surface area contributed by atoms with Gasteiger partial charge in [0.25, 0.3) is 0 Å². The third-order valence-corrected chi connectivity index (χ3v) is 2.53. The normalized spacial score (nSPS) is 10.8. The van der Waals surface area contributed by atoms with Gasteiger partial charge >= 0.3 is 0 Å². The number of halogens is 2. The Bertz CT molecular complexity index is 408. The monoisotopic (exact) mass is 244 g/mol. The molecule has 0 radical (unpaired) electrons. The van der Waals surface area contributed by atoms with Crippen molar-refractivity contribution in [1.82, 2.24) is 0 Å². The summed E-state index contributed by atoms with van der Waals surface area (Å²) < 4.78 is 5.33. The fourth-order valence-electron chi connectivity index (χ4n) is 1.20. The van der Waals surface area contributed by atoms with Gasteiger partial charge in [-0.25, -0.2) is 0 Å².